The molecule has 1 aromatic carbocycles. The highest BCUT2D eigenvalue weighted by molar-refractivity contribution is 7.10. The number of para-hydroxylation sites is 1. The monoisotopic (exact) mass is 362 g/mol. The Hall–Kier alpha value is -2.99. The number of aromatic nitrogens is 3. The average Bonchev–Trinajstić information content (AvgIpc) is 3.33. The SMILES string of the molecule is Cc1cnc(C(=O)NC[C@H](c2cccs2)c2c[nH]c3ccccc23)cn1. The summed E-state index contributed by atoms with van der Waals surface area (Å²) < 4.78 is 0. The summed E-state index contributed by atoms with van der Waals surface area (Å²) in [5.74, 6) is -0.132. The lowest BCUT2D eigenvalue weighted by atomic mass is 9.96. The Kier molecular flexibility index (Phi) is 4.50. The van der Waals surface area contributed by atoms with Gasteiger partial charge in [0.15, 0.2) is 0 Å². The number of benzene rings is 1. The first kappa shape index (κ1) is 16.5. The second kappa shape index (κ2) is 7.09. The van der Waals surface area contributed by atoms with Gasteiger partial charge in [-0.1, -0.05) is 24.3 Å². The van der Waals surface area contributed by atoms with E-state index in [-0.39, 0.29) is 11.8 Å². The highest BCUT2D eigenvalue weighted by Crippen LogP contribution is 2.32. The van der Waals surface area contributed by atoms with Gasteiger partial charge in [-0.2, -0.15) is 0 Å². The number of nitrogens with one attached hydrogen (secondary N) is 2. The molecule has 3 aromatic heterocycles. The maximum Gasteiger partial charge on any atom is 0.271 e. The maximum atomic E-state index is 12.4. The van der Waals surface area contributed by atoms with E-state index in [9.17, 15) is 4.79 Å². The van der Waals surface area contributed by atoms with E-state index in [1.165, 1.54) is 22.0 Å². The fraction of sp³-hybridized carbons (Fsp3) is 0.150. The molecule has 0 saturated heterocycles. The molecule has 4 aromatic rings. The van der Waals surface area contributed by atoms with Gasteiger partial charge < -0.3 is 10.3 Å². The standard InChI is InChI=1S/C20H18N4OS/c1-13-9-22-18(12-21-13)20(25)24-11-16(19-7-4-8-26-19)15-10-23-17-6-3-2-5-14(15)17/h2-10,12,16,23H,11H2,1H3,(H,24,25)/t16-/m0/s1. The van der Waals surface area contributed by atoms with Crippen molar-refractivity contribution < 1.29 is 4.79 Å². The highest BCUT2D eigenvalue weighted by Gasteiger charge is 2.20. The Morgan fingerprint density at radius 3 is 2.85 bits per heavy atom. The van der Waals surface area contributed by atoms with Gasteiger partial charge in [-0.3, -0.25) is 9.78 Å². The minimum absolute atomic E-state index is 0.0773. The molecular formula is C20H18N4OS. The third kappa shape index (κ3) is 3.23. The highest BCUT2D eigenvalue weighted by atomic mass is 32.1. The molecule has 4 rings (SSSR count). The molecule has 26 heavy (non-hydrogen) atoms. The molecule has 0 aliphatic carbocycles. The zero-order valence-electron chi connectivity index (χ0n) is 14.3. The lowest BCUT2D eigenvalue weighted by Crippen LogP contribution is -2.29. The van der Waals surface area contributed by atoms with E-state index in [1.54, 1.807) is 17.5 Å². The number of amides is 1. The van der Waals surface area contributed by atoms with Crippen LogP contribution in [0, 0.1) is 6.92 Å². The number of aromatic amines is 1. The molecule has 5 nitrogen and oxygen atoms in total. The first-order valence-electron chi connectivity index (χ1n) is 8.38. The van der Waals surface area contributed by atoms with Crippen molar-refractivity contribution in [2.75, 3.05) is 6.54 Å². The fourth-order valence-corrected chi connectivity index (χ4v) is 3.88. The molecule has 1 amide bonds. The van der Waals surface area contributed by atoms with Crippen LogP contribution in [0.15, 0.2) is 60.4 Å². The van der Waals surface area contributed by atoms with Gasteiger partial charge in [0.2, 0.25) is 0 Å². The quantitative estimate of drug-likeness (QED) is 0.566. The van der Waals surface area contributed by atoms with Gasteiger partial charge in [-0.15, -0.1) is 11.3 Å². The van der Waals surface area contributed by atoms with Crippen molar-refractivity contribution in [3.8, 4) is 0 Å². The first-order valence-corrected chi connectivity index (χ1v) is 9.26. The Balaban J connectivity index is 1.61. The number of nitrogens with zero attached hydrogens (tertiary/aromatic N) is 2. The summed E-state index contributed by atoms with van der Waals surface area (Å²) in [5, 5.41) is 6.25. The minimum Gasteiger partial charge on any atom is -0.361 e. The fourth-order valence-electron chi connectivity index (χ4n) is 3.03. The van der Waals surface area contributed by atoms with Crippen LogP contribution in [-0.4, -0.2) is 27.4 Å². The number of H-pyrrole nitrogens is 1. The van der Waals surface area contributed by atoms with Crippen LogP contribution in [0.25, 0.3) is 10.9 Å². The number of thiophene rings is 1. The van der Waals surface area contributed by atoms with Crippen LogP contribution >= 0.6 is 11.3 Å². The van der Waals surface area contributed by atoms with Crippen LogP contribution in [0.5, 0.6) is 0 Å². The molecule has 3 heterocycles. The average molecular weight is 362 g/mol. The van der Waals surface area contributed by atoms with E-state index in [0.717, 1.165) is 11.2 Å². The summed E-state index contributed by atoms with van der Waals surface area (Å²) >= 11 is 1.69. The molecule has 0 bridgehead atoms. The van der Waals surface area contributed by atoms with Crippen LogP contribution in [-0.2, 0) is 0 Å². The molecule has 130 valence electrons. The normalized spacial score (nSPS) is 12.2. The predicted octanol–water partition coefficient (Wildman–Crippen LogP) is 3.89. The van der Waals surface area contributed by atoms with Crippen LogP contribution in [0.1, 0.15) is 32.5 Å². The third-order valence-corrected chi connectivity index (χ3v) is 5.35. The number of rotatable bonds is 5. The van der Waals surface area contributed by atoms with Gasteiger partial charge in [0.1, 0.15) is 5.69 Å². The van der Waals surface area contributed by atoms with Gasteiger partial charge in [-0.05, 0) is 30.0 Å². The van der Waals surface area contributed by atoms with Crippen molar-refractivity contribution in [1.82, 2.24) is 20.3 Å². The number of carbonyl (C=O) groups excluding carboxylic acids is 1. The number of carbonyl (C=O) groups is 1. The van der Waals surface area contributed by atoms with E-state index in [1.807, 2.05) is 31.3 Å². The molecule has 6 heteroatoms. The van der Waals surface area contributed by atoms with Crippen LogP contribution in [0.2, 0.25) is 0 Å². The van der Waals surface area contributed by atoms with Gasteiger partial charge in [0.25, 0.3) is 5.91 Å². The van der Waals surface area contributed by atoms with E-state index in [0.29, 0.717) is 12.2 Å². The topological polar surface area (TPSA) is 70.7 Å². The van der Waals surface area contributed by atoms with Gasteiger partial charge in [-0.25, -0.2) is 4.98 Å². The van der Waals surface area contributed by atoms with E-state index in [2.05, 4.69) is 43.8 Å². The molecule has 2 N–H and O–H groups in total. The van der Waals surface area contributed by atoms with E-state index >= 15 is 0 Å². The molecule has 0 fully saturated rings. The minimum atomic E-state index is -0.209. The van der Waals surface area contributed by atoms with Crippen molar-refractivity contribution in [2.24, 2.45) is 0 Å². The Labute approximate surface area is 155 Å². The van der Waals surface area contributed by atoms with Crippen molar-refractivity contribution in [3.63, 3.8) is 0 Å². The predicted molar refractivity (Wildman–Crippen MR) is 104 cm³/mol. The van der Waals surface area contributed by atoms with Crippen molar-refractivity contribution >= 4 is 28.1 Å². The summed E-state index contributed by atoms with van der Waals surface area (Å²) in [6.07, 6.45) is 5.15. The second-order valence-corrected chi connectivity index (χ2v) is 7.09. The van der Waals surface area contributed by atoms with Crippen molar-refractivity contribution in [1.29, 1.82) is 0 Å². The Morgan fingerprint density at radius 2 is 2.08 bits per heavy atom. The van der Waals surface area contributed by atoms with Gasteiger partial charge in [0, 0.05) is 40.6 Å². The molecule has 0 aliphatic heterocycles. The number of hydrogen-bond acceptors (Lipinski definition) is 4. The molecule has 0 spiro atoms. The number of fused-ring (bicyclic) bond motifs is 1. The smallest absolute Gasteiger partial charge is 0.271 e. The summed E-state index contributed by atoms with van der Waals surface area (Å²) in [5.41, 5.74) is 3.40. The van der Waals surface area contributed by atoms with Crippen LogP contribution in [0.3, 0.4) is 0 Å². The third-order valence-electron chi connectivity index (χ3n) is 4.36. The van der Waals surface area contributed by atoms with Crippen molar-refractivity contribution in [2.45, 2.75) is 12.8 Å². The van der Waals surface area contributed by atoms with Gasteiger partial charge >= 0.3 is 0 Å². The lowest BCUT2D eigenvalue weighted by molar-refractivity contribution is 0.0947. The molecule has 0 radical (unpaired) electrons. The summed E-state index contributed by atoms with van der Waals surface area (Å²) in [7, 11) is 0. The van der Waals surface area contributed by atoms with Crippen LogP contribution in [0.4, 0.5) is 0 Å². The summed E-state index contributed by atoms with van der Waals surface area (Å²) in [4.78, 5) is 25.3. The summed E-state index contributed by atoms with van der Waals surface area (Å²) in [6, 6.07) is 12.4. The van der Waals surface area contributed by atoms with Gasteiger partial charge in [0.05, 0.1) is 11.9 Å². The van der Waals surface area contributed by atoms with E-state index < -0.39 is 0 Å². The molecule has 0 aliphatic rings. The zero-order chi connectivity index (χ0) is 17.9. The first-order chi connectivity index (χ1) is 12.7. The number of hydrogen-bond donors (Lipinski definition) is 2. The molecule has 0 unspecified atom stereocenters. The molecule has 0 saturated carbocycles. The zero-order valence-corrected chi connectivity index (χ0v) is 15.1. The summed E-state index contributed by atoms with van der Waals surface area (Å²) in [6.45, 7) is 2.34. The lowest BCUT2D eigenvalue weighted by Gasteiger charge is -2.16. The van der Waals surface area contributed by atoms with Crippen LogP contribution < -0.4 is 5.32 Å². The largest absolute Gasteiger partial charge is 0.361 e. The molecular weight excluding hydrogens is 344 g/mol. The Morgan fingerprint density at radius 1 is 1.19 bits per heavy atom. The molecule has 1 atom stereocenters. The van der Waals surface area contributed by atoms with E-state index in [4.69, 9.17) is 0 Å². The number of aryl methyl sites for hydroxylation is 1. The van der Waals surface area contributed by atoms with Crippen molar-refractivity contribution in [3.05, 3.63) is 82.2 Å². The maximum absolute atomic E-state index is 12.4. The second-order valence-electron chi connectivity index (χ2n) is 6.11. The Bertz CT molecular complexity index is 1020.